The largest absolute Gasteiger partial charge is 0.394 e. The van der Waals surface area contributed by atoms with Crippen LogP contribution in [0.2, 0.25) is 0 Å². The first-order chi connectivity index (χ1) is 8.88. The zero-order valence-corrected chi connectivity index (χ0v) is 10.8. The van der Waals surface area contributed by atoms with Crippen LogP contribution in [0.4, 0.5) is 21.5 Å². The van der Waals surface area contributed by atoms with E-state index in [1.165, 1.54) is 12.1 Å². The van der Waals surface area contributed by atoms with Crippen molar-refractivity contribution in [1.82, 2.24) is 0 Å². The van der Waals surface area contributed by atoms with Crippen LogP contribution in [0.5, 0.6) is 0 Å². The number of halogens is 1. The lowest BCUT2D eigenvalue weighted by Crippen LogP contribution is -2.36. The summed E-state index contributed by atoms with van der Waals surface area (Å²) < 4.78 is 13.5. The average Bonchev–Trinajstić information content (AvgIpc) is 2.33. The number of nitrogens with two attached hydrogens (primary N) is 1. The Morgan fingerprint density at radius 2 is 1.89 bits per heavy atom. The lowest BCUT2D eigenvalue weighted by molar-refractivity contribution is 0.613. The number of hydrogen-bond donors (Lipinski definition) is 2. The molecular weight excluding hydrogens is 247 g/mol. The van der Waals surface area contributed by atoms with Crippen LogP contribution in [0.3, 0.4) is 0 Å². The molecule has 0 radical (unpaired) electrons. The van der Waals surface area contributed by atoms with Crippen molar-refractivity contribution in [1.29, 1.82) is 0 Å². The van der Waals surface area contributed by atoms with Gasteiger partial charge in [0, 0.05) is 5.69 Å². The molecule has 0 heterocycles. The topological polar surface area (TPSA) is 72.2 Å². The van der Waals surface area contributed by atoms with Gasteiger partial charge in [-0.3, -0.25) is 9.59 Å². The van der Waals surface area contributed by atoms with E-state index in [0.29, 0.717) is 11.6 Å². The first kappa shape index (κ1) is 13.3. The van der Waals surface area contributed by atoms with E-state index in [2.05, 4.69) is 5.32 Å². The Balaban J connectivity index is 2.28. The minimum absolute atomic E-state index is 0.0473. The highest BCUT2D eigenvalue weighted by molar-refractivity contribution is 5.76. The summed E-state index contributed by atoms with van der Waals surface area (Å²) in [4.78, 5) is 22.3. The van der Waals surface area contributed by atoms with E-state index in [1.807, 2.05) is 13.8 Å². The van der Waals surface area contributed by atoms with Crippen molar-refractivity contribution < 1.29 is 4.39 Å². The maximum absolute atomic E-state index is 13.5. The smallest absolute Gasteiger partial charge is 0.253 e. The molecular formula is C14H15FN2O2. The van der Waals surface area contributed by atoms with Gasteiger partial charge in [-0.25, -0.2) is 4.39 Å². The molecule has 0 fully saturated rings. The zero-order valence-electron chi connectivity index (χ0n) is 10.8. The monoisotopic (exact) mass is 262 g/mol. The first-order valence-corrected chi connectivity index (χ1v) is 6.03. The fourth-order valence-corrected chi connectivity index (χ4v) is 1.99. The SMILES string of the molecule is CC(C)Cc1cc(F)cc(Nc2c(N)c(=O)c2=O)c1. The number of hydrogen-bond acceptors (Lipinski definition) is 4. The van der Waals surface area contributed by atoms with Gasteiger partial charge in [-0.1, -0.05) is 13.8 Å². The van der Waals surface area contributed by atoms with Gasteiger partial charge in [0.05, 0.1) is 0 Å². The van der Waals surface area contributed by atoms with E-state index in [9.17, 15) is 14.0 Å². The molecule has 0 saturated carbocycles. The number of nitrogens with one attached hydrogen (secondary N) is 1. The second-order valence-corrected chi connectivity index (χ2v) is 5.02. The molecule has 0 atom stereocenters. The van der Waals surface area contributed by atoms with Crippen LogP contribution < -0.4 is 21.9 Å². The third-order valence-electron chi connectivity index (χ3n) is 2.82. The minimum Gasteiger partial charge on any atom is -0.394 e. The van der Waals surface area contributed by atoms with Crippen molar-refractivity contribution in [2.24, 2.45) is 5.92 Å². The summed E-state index contributed by atoms with van der Waals surface area (Å²) in [6.45, 7) is 4.07. The number of benzene rings is 1. The maximum Gasteiger partial charge on any atom is 0.253 e. The standard InChI is InChI=1S/C14H15FN2O2/c1-7(2)3-8-4-9(15)6-10(5-8)17-12-11(16)13(18)14(12)19/h4-7,17H,3,16H2,1-2H3. The Bertz CT molecular complexity index is 685. The molecule has 4 nitrogen and oxygen atoms in total. The van der Waals surface area contributed by atoms with Gasteiger partial charge < -0.3 is 11.1 Å². The Hall–Kier alpha value is -2.17. The number of nitrogen functional groups attached to an aromatic ring is 1. The molecule has 2 rings (SSSR count). The molecule has 0 unspecified atom stereocenters. The van der Waals surface area contributed by atoms with Gasteiger partial charge in [0.15, 0.2) is 0 Å². The fourth-order valence-electron chi connectivity index (χ4n) is 1.99. The van der Waals surface area contributed by atoms with Crippen molar-refractivity contribution in [2.45, 2.75) is 20.3 Å². The zero-order chi connectivity index (χ0) is 14.2. The van der Waals surface area contributed by atoms with Crippen LogP contribution in [-0.4, -0.2) is 0 Å². The summed E-state index contributed by atoms with van der Waals surface area (Å²) in [5, 5.41) is 2.71. The number of anilines is 3. The van der Waals surface area contributed by atoms with Gasteiger partial charge in [-0.2, -0.15) is 0 Å². The second kappa shape index (κ2) is 4.84. The molecule has 2 aromatic carbocycles. The van der Waals surface area contributed by atoms with E-state index in [4.69, 9.17) is 5.73 Å². The molecule has 0 amide bonds. The van der Waals surface area contributed by atoms with E-state index in [1.54, 1.807) is 6.07 Å². The molecule has 3 N–H and O–H groups in total. The van der Waals surface area contributed by atoms with E-state index in [-0.39, 0.29) is 11.4 Å². The Morgan fingerprint density at radius 1 is 1.21 bits per heavy atom. The van der Waals surface area contributed by atoms with Gasteiger partial charge in [0.1, 0.15) is 17.2 Å². The molecule has 0 aliphatic rings. The van der Waals surface area contributed by atoms with Crippen LogP contribution in [-0.2, 0) is 6.42 Å². The van der Waals surface area contributed by atoms with Crippen LogP contribution >= 0.6 is 0 Å². The molecule has 2 aromatic rings. The summed E-state index contributed by atoms with van der Waals surface area (Å²) in [5.74, 6) is 0.00349. The van der Waals surface area contributed by atoms with Crippen LogP contribution in [0.15, 0.2) is 27.8 Å². The molecule has 0 saturated heterocycles. The molecule has 0 aliphatic heterocycles. The van der Waals surface area contributed by atoms with Gasteiger partial charge >= 0.3 is 0 Å². The predicted octanol–water partition coefficient (Wildman–Crippen LogP) is 1.95. The highest BCUT2D eigenvalue weighted by atomic mass is 19.1. The molecule has 0 aromatic heterocycles. The van der Waals surface area contributed by atoms with Crippen molar-refractivity contribution in [2.75, 3.05) is 11.1 Å². The predicted molar refractivity (Wildman–Crippen MR) is 74.0 cm³/mol. The minimum atomic E-state index is -0.693. The van der Waals surface area contributed by atoms with Crippen LogP contribution in [0.25, 0.3) is 0 Å². The van der Waals surface area contributed by atoms with Gasteiger partial charge in [-0.05, 0) is 36.1 Å². The molecule has 0 aliphatic carbocycles. The second-order valence-electron chi connectivity index (χ2n) is 5.02. The third kappa shape index (κ3) is 2.65. The summed E-state index contributed by atoms with van der Waals surface area (Å²) in [5.41, 5.74) is 5.26. The van der Waals surface area contributed by atoms with Crippen molar-refractivity contribution in [3.8, 4) is 0 Å². The summed E-state index contributed by atoms with van der Waals surface area (Å²) in [6, 6.07) is 4.47. The lowest BCUT2D eigenvalue weighted by Gasteiger charge is -2.12. The summed E-state index contributed by atoms with van der Waals surface area (Å²) in [6.07, 6.45) is 0.730. The molecule has 0 spiro atoms. The van der Waals surface area contributed by atoms with Gasteiger partial charge in [0.25, 0.3) is 10.9 Å². The normalized spacial score (nSPS) is 11.2. The fraction of sp³-hybridized carbons (Fsp3) is 0.286. The van der Waals surface area contributed by atoms with Crippen molar-refractivity contribution in [3.05, 3.63) is 50.0 Å². The van der Waals surface area contributed by atoms with Gasteiger partial charge in [-0.15, -0.1) is 0 Å². The molecule has 0 bridgehead atoms. The summed E-state index contributed by atoms with van der Waals surface area (Å²) >= 11 is 0. The Morgan fingerprint density at radius 3 is 2.47 bits per heavy atom. The molecule has 5 heteroatoms. The van der Waals surface area contributed by atoms with E-state index >= 15 is 0 Å². The first-order valence-electron chi connectivity index (χ1n) is 6.03. The third-order valence-corrected chi connectivity index (χ3v) is 2.82. The maximum atomic E-state index is 13.5. The summed E-state index contributed by atoms with van der Waals surface area (Å²) in [7, 11) is 0. The lowest BCUT2D eigenvalue weighted by atomic mass is 10.0. The average molecular weight is 262 g/mol. The van der Waals surface area contributed by atoms with Gasteiger partial charge in [0.2, 0.25) is 0 Å². The number of rotatable bonds is 4. The van der Waals surface area contributed by atoms with Crippen molar-refractivity contribution in [3.63, 3.8) is 0 Å². The Kier molecular flexibility index (Phi) is 3.38. The Labute approximate surface area is 109 Å². The van der Waals surface area contributed by atoms with E-state index in [0.717, 1.165) is 12.0 Å². The quantitative estimate of drug-likeness (QED) is 0.826. The van der Waals surface area contributed by atoms with E-state index < -0.39 is 16.7 Å². The highest BCUT2D eigenvalue weighted by Gasteiger charge is 2.18. The molecule has 100 valence electrons. The van der Waals surface area contributed by atoms with Crippen molar-refractivity contribution >= 4 is 17.1 Å². The highest BCUT2D eigenvalue weighted by Crippen LogP contribution is 2.22. The molecule has 19 heavy (non-hydrogen) atoms. The van der Waals surface area contributed by atoms with Crippen LogP contribution in [0.1, 0.15) is 19.4 Å². The van der Waals surface area contributed by atoms with Crippen LogP contribution in [0, 0.1) is 11.7 Å².